The number of aryl methyl sites for hydroxylation is 3. The summed E-state index contributed by atoms with van der Waals surface area (Å²) < 4.78 is 5.74. The third-order valence-electron chi connectivity index (χ3n) is 6.30. The maximum absolute atomic E-state index is 13.0. The largest absolute Gasteiger partial charge is 0.492 e. The van der Waals surface area contributed by atoms with Crippen molar-refractivity contribution in [3.8, 4) is 5.75 Å². The lowest BCUT2D eigenvalue weighted by Crippen LogP contribution is -2.41. The number of amides is 2. The first-order valence-corrected chi connectivity index (χ1v) is 11.6. The third kappa shape index (κ3) is 5.72. The predicted molar refractivity (Wildman–Crippen MR) is 128 cm³/mol. The Morgan fingerprint density at radius 2 is 2.00 bits per heavy atom. The van der Waals surface area contributed by atoms with Crippen molar-refractivity contribution in [1.29, 1.82) is 0 Å². The van der Waals surface area contributed by atoms with E-state index < -0.39 is 0 Å². The molecule has 0 bridgehead atoms. The van der Waals surface area contributed by atoms with Crippen LogP contribution in [0.4, 0.5) is 0 Å². The summed E-state index contributed by atoms with van der Waals surface area (Å²) in [5.41, 5.74) is 4.80. The zero-order chi connectivity index (χ0) is 23.4. The van der Waals surface area contributed by atoms with Crippen LogP contribution >= 0.6 is 0 Å². The summed E-state index contributed by atoms with van der Waals surface area (Å²) in [4.78, 5) is 34.9. The number of carbonyl (C=O) groups excluding carboxylic acids is 2. The third-order valence-corrected chi connectivity index (χ3v) is 6.30. The van der Waals surface area contributed by atoms with Crippen molar-refractivity contribution in [1.82, 2.24) is 20.2 Å². The number of hydrogen-bond donors (Lipinski definition) is 2. The molecule has 4 rings (SSSR count). The minimum Gasteiger partial charge on any atom is -0.492 e. The monoisotopic (exact) mass is 448 g/mol. The number of aromatic amines is 1. The van der Waals surface area contributed by atoms with E-state index in [1.807, 2.05) is 48.2 Å². The molecule has 2 amide bonds. The second-order valence-electron chi connectivity index (χ2n) is 8.96. The summed E-state index contributed by atoms with van der Waals surface area (Å²) in [7, 11) is 0. The van der Waals surface area contributed by atoms with Gasteiger partial charge in [-0.05, 0) is 81.0 Å². The van der Waals surface area contributed by atoms with Gasteiger partial charge in [-0.2, -0.15) is 0 Å². The minimum absolute atomic E-state index is 0.00680. The highest BCUT2D eigenvalue weighted by Crippen LogP contribution is 2.23. The van der Waals surface area contributed by atoms with E-state index in [0.29, 0.717) is 31.7 Å². The highest BCUT2D eigenvalue weighted by molar-refractivity contribution is 5.97. The van der Waals surface area contributed by atoms with Crippen molar-refractivity contribution in [3.05, 3.63) is 58.9 Å². The number of ether oxygens (including phenoxy) is 1. The summed E-state index contributed by atoms with van der Waals surface area (Å²) in [6.07, 6.45) is 2.28. The van der Waals surface area contributed by atoms with Crippen molar-refractivity contribution in [3.63, 3.8) is 0 Å². The maximum Gasteiger partial charge on any atom is 0.253 e. The Hall–Kier alpha value is -3.35. The van der Waals surface area contributed by atoms with E-state index in [1.165, 1.54) is 11.1 Å². The Balaban J connectivity index is 1.24. The quantitative estimate of drug-likeness (QED) is 0.536. The zero-order valence-electron chi connectivity index (χ0n) is 19.6. The molecule has 174 valence electrons. The molecule has 2 heterocycles. The number of piperidine rings is 1. The number of nitrogens with zero attached hydrogens (tertiary/aromatic N) is 2. The Morgan fingerprint density at radius 3 is 2.82 bits per heavy atom. The van der Waals surface area contributed by atoms with E-state index >= 15 is 0 Å². The number of aromatic nitrogens is 2. The Labute approximate surface area is 194 Å². The molecule has 0 radical (unpaired) electrons. The van der Waals surface area contributed by atoms with Gasteiger partial charge in [0, 0.05) is 25.1 Å². The van der Waals surface area contributed by atoms with E-state index in [4.69, 9.17) is 4.74 Å². The van der Waals surface area contributed by atoms with E-state index in [1.54, 1.807) is 0 Å². The topological polar surface area (TPSA) is 87.3 Å². The number of imidazole rings is 1. The van der Waals surface area contributed by atoms with Crippen LogP contribution in [0.25, 0.3) is 11.0 Å². The first-order chi connectivity index (χ1) is 15.9. The molecular weight excluding hydrogens is 416 g/mol. The van der Waals surface area contributed by atoms with Crippen molar-refractivity contribution in [2.24, 2.45) is 5.92 Å². The summed E-state index contributed by atoms with van der Waals surface area (Å²) in [5, 5.41) is 2.95. The van der Waals surface area contributed by atoms with Crippen LogP contribution in [-0.2, 0) is 4.79 Å². The molecule has 1 atom stereocenters. The Morgan fingerprint density at radius 1 is 1.15 bits per heavy atom. The SMILES string of the molecule is Cc1nc2ccc(C(=O)N3CCC[C@@H](CC(=O)NCCOc4ccc(C)c(C)c4)C3)cc2[nH]1. The average molecular weight is 449 g/mol. The van der Waals surface area contributed by atoms with E-state index in [9.17, 15) is 9.59 Å². The molecule has 1 aliphatic rings. The number of benzene rings is 2. The Kier molecular flexibility index (Phi) is 6.96. The molecule has 0 saturated carbocycles. The van der Waals surface area contributed by atoms with Gasteiger partial charge in [-0.1, -0.05) is 6.07 Å². The number of nitrogens with one attached hydrogen (secondary N) is 2. The number of H-pyrrole nitrogens is 1. The summed E-state index contributed by atoms with van der Waals surface area (Å²) in [6, 6.07) is 11.6. The molecule has 1 aliphatic heterocycles. The molecule has 2 aromatic carbocycles. The highest BCUT2D eigenvalue weighted by Gasteiger charge is 2.26. The van der Waals surface area contributed by atoms with Gasteiger partial charge in [-0.25, -0.2) is 4.98 Å². The molecule has 0 unspecified atom stereocenters. The van der Waals surface area contributed by atoms with Gasteiger partial charge in [-0.15, -0.1) is 0 Å². The number of rotatable bonds is 7. The molecular formula is C26H32N4O3. The van der Waals surface area contributed by atoms with Gasteiger partial charge in [0.25, 0.3) is 5.91 Å². The highest BCUT2D eigenvalue weighted by atomic mass is 16.5. The molecule has 1 fully saturated rings. The fourth-order valence-electron chi connectivity index (χ4n) is 4.37. The van der Waals surface area contributed by atoms with Crippen molar-refractivity contribution >= 4 is 22.8 Å². The first-order valence-electron chi connectivity index (χ1n) is 11.6. The summed E-state index contributed by atoms with van der Waals surface area (Å²) in [5.74, 6) is 1.83. The lowest BCUT2D eigenvalue weighted by atomic mass is 9.94. The molecule has 1 saturated heterocycles. The lowest BCUT2D eigenvalue weighted by Gasteiger charge is -2.32. The zero-order valence-corrected chi connectivity index (χ0v) is 19.6. The van der Waals surface area contributed by atoms with E-state index in [2.05, 4.69) is 29.1 Å². The van der Waals surface area contributed by atoms with Crippen LogP contribution in [0.5, 0.6) is 5.75 Å². The van der Waals surface area contributed by atoms with Gasteiger partial charge in [0.2, 0.25) is 5.91 Å². The number of carbonyl (C=O) groups is 2. The maximum atomic E-state index is 13.0. The smallest absolute Gasteiger partial charge is 0.253 e. The second-order valence-corrected chi connectivity index (χ2v) is 8.96. The second kappa shape index (κ2) is 10.1. The average Bonchev–Trinajstić information content (AvgIpc) is 3.18. The number of likely N-dealkylation sites (tertiary alicyclic amines) is 1. The van der Waals surface area contributed by atoms with Gasteiger partial charge >= 0.3 is 0 Å². The Bertz CT molecular complexity index is 1150. The molecule has 1 aromatic heterocycles. The molecule has 33 heavy (non-hydrogen) atoms. The van der Waals surface area contributed by atoms with Gasteiger partial charge in [0.1, 0.15) is 18.2 Å². The predicted octanol–water partition coefficient (Wildman–Crippen LogP) is 3.93. The number of fused-ring (bicyclic) bond motifs is 1. The summed E-state index contributed by atoms with van der Waals surface area (Å²) >= 11 is 0. The fraction of sp³-hybridized carbons (Fsp3) is 0.423. The van der Waals surface area contributed by atoms with Crippen molar-refractivity contribution < 1.29 is 14.3 Å². The van der Waals surface area contributed by atoms with Crippen LogP contribution in [0.15, 0.2) is 36.4 Å². The van der Waals surface area contributed by atoms with Gasteiger partial charge < -0.3 is 19.9 Å². The van der Waals surface area contributed by atoms with E-state index in [0.717, 1.165) is 42.0 Å². The van der Waals surface area contributed by atoms with Crippen LogP contribution in [0, 0.1) is 26.7 Å². The van der Waals surface area contributed by atoms with E-state index in [-0.39, 0.29) is 17.7 Å². The van der Waals surface area contributed by atoms with Crippen LogP contribution in [0.2, 0.25) is 0 Å². The summed E-state index contributed by atoms with van der Waals surface area (Å²) in [6.45, 7) is 8.24. The van der Waals surface area contributed by atoms with Gasteiger partial charge in [0.15, 0.2) is 0 Å². The van der Waals surface area contributed by atoms with Crippen molar-refractivity contribution in [2.45, 2.75) is 40.0 Å². The van der Waals surface area contributed by atoms with Crippen LogP contribution in [0.3, 0.4) is 0 Å². The molecule has 0 spiro atoms. The number of hydrogen-bond acceptors (Lipinski definition) is 4. The fourth-order valence-corrected chi connectivity index (χ4v) is 4.37. The van der Waals surface area contributed by atoms with Crippen LogP contribution in [-0.4, -0.2) is 52.9 Å². The minimum atomic E-state index is 0.00680. The molecule has 3 aromatic rings. The lowest BCUT2D eigenvalue weighted by molar-refractivity contribution is -0.122. The first kappa shape index (κ1) is 22.8. The molecule has 0 aliphatic carbocycles. The van der Waals surface area contributed by atoms with Gasteiger partial charge in [-0.3, -0.25) is 9.59 Å². The molecule has 2 N–H and O–H groups in total. The van der Waals surface area contributed by atoms with Crippen LogP contribution in [0.1, 0.15) is 46.6 Å². The van der Waals surface area contributed by atoms with Crippen LogP contribution < -0.4 is 10.1 Å². The standard InChI is InChI=1S/C26H32N4O3/c1-17-6-8-22(13-18(17)2)33-12-10-27-25(31)14-20-5-4-11-30(16-20)26(32)21-7-9-23-24(15-21)29-19(3)28-23/h6-9,13,15,20H,4-5,10-12,14,16H2,1-3H3,(H,27,31)(H,28,29)/t20-/m0/s1. The van der Waals surface area contributed by atoms with Crippen molar-refractivity contribution in [2.75, 3.05) is 26.2 Å². The molecule has 7 nitrogen and oxygen atoms in total. The molecule has 7 heteroatoms. The van der Waals surface area contributed by atoms with Gasteiger partial charge in [0.05, 0.1) is 17.6 Å². The normalized spacial score (nSPS) is 16.1.